The van der Waals surface area contributed by atoms with Gasteiger partial charge in [-0.05, 0) is 49.4 Å². The number of carboxylic acid groups (broad SMARTS) is 1. The SMILES string of the molecule is COc1cccc(Cc2nc(CO[C@H]3CCC[C@@H](C(=O)c4cccc(C)c4C(=O)O)C3)co2)c1. The molecule has 7 heteroatoms. The average Bonchev–Trinajstić information content (AvgIpc) is 3.29. The maximum atomic E-state index is 13.2. The summed E-state index contributed by atoms with van der Waals surface area (Å²) in [6.07, 6.45) is 5.10. The van der Waals surface area contributed by atoms with Crippen molar-refractivity contribution in [2.24, 2.45) is 5.92 Å². The van der Waals surface area contributed by atoms with Crippen LogP contribution >= 0.6 is 0 Å². The van der Waals surface area contributed by atoms with Gasteiger partial charge in [-0.15, -0.1) is 0 Å². The fraction of sp³-hybridized carbons (Fsp3) is 0.370. The van der Waals surface area contributed by atoms with Gasteiger partial charge in [0, 0.05) is 17.9 Å². The molecule has 0 amide bonds. The lowest BCUT2D eigenvalue weighted by Crippen LogP contribution is -2.29. The minimum absolute atomic E-state index is 0.0840. The number of ketones is 1. The molecular weight excluding hydrogens is 434 g/mol. The van der Waals surface area contributed by atoms with Crippen molar-refractivity contribution in [3.8, 4) is 5.75 Å². The first-order valence-electron chi connectivity index (χ1n) is 11.5. The summed E-state index contributed by atoms with van der Waals surface area (Å²) < 4.78 is 16.9. The van der Waals surface area contributed by atoms with E-state index in [9.17, 15) is 14.7 Å². The monoisotopic (exact) mass is 463 g/mol. The van der Waals surface area contributed by atoms with E-state index in [2.05, 4.69) is 4.98 Å². The van der Waals surface area contributed by atoms with Crippen LogP contribution in [0, 0.1) is 12.8 Å². The van der Waals surface area contributed by atoms with E-state index in [0.717, 1.165) is 30.6 Å². The zero-order chi connectivity index (χ0) is 24.1. The molecule has 7 nitrogen and oxygen atoms in total. The van der Waals surface area contributed by atoms with Gasteiger partial charge in [0.1, 0.15) is 17.7 Å². The highest BCUT2D eigenvalue weighted by Gasteiger charge is 2.31. The molecule has 0 radical (unpaired) electrons. The van der Waals surface area contributed by atoms with E-state index in [4.69, 9.17) is 13.9 Å². The van der Waals surface area contributed by atoms with Gasteiger partial charge in [-0.25, -0.2) is 9.78 Å². The summed E-state index contributed by atoms with van der Waals surface area (Å²) in [6, 6.07) is 12.8. The molecule has 1 heterocycles. The number of rotatable bonds is 9. The number of hydrogen-bond donors (Lipinski definition) is 1. The summed E-state index contributed by atoms with van der Waals surface area (Å²) >= 11 is 0. The van der Waals surface area contributed by atoms with Crippen LogP contribution in [0.5, 0.6) is 5.75 Å². The third kappa shape index (κ3) is 5.54. The lowest BCUT2D eigenvalue weighted by molar-refractivity contribution is 0.00240. The second-order valence-corrected chi connectivity index (χ2v) is 8.72. The lowest BCUT2D eigenvalue weighted by Gasteiger charge is -2.28. The first kappa shape index (κ1) is 23.7. The van der Waals surface area contributed by atoms with Crippen LogP contribution in [0.1, 0.15) is 69.1 Å². The van der Waals surface area contributed by atoms with E-state index in [0.29, 0.717) is 36.6 Å². The fourth-order valence-electron chi connectivity index (χ4n) is 4.57. The maximum absolute atomic E-state index is 13.2. The molecule has 1 fully saturated rings. The molecule has 1 aromatic heterocycles. The normalized spacial score (nSPS) is 17.9. The number of nitrogens with zero attached hydrogens (tertiary/aromatic N) is 1. The number of carbonyl (C=O) groups excluding carboxylic acids is 1. The van der Waals surface area contributed by atoms with Crippen LogP contribution in [0.15, 0.2) is 53.1 Å². The summed E-state index contributed by atoms with van der Waals surface area (Å²) in [4.78, 5) is 29.4. The summed E-state index contributed by atoms with van der Waals surface area (Å²) in [5.41, 5.74) is 2.73. The zero-order valence-electron chi connectivity index (χ0n) is 19.5. The molecule has 0 aliphatic heterocycles. The van der Waals surface area contributed by atoms with Crippen LogP contribution in [0.3, 0.4) is 0 Å². The van der Waals surface area contributed by atoms with Gasteiger partial charge < -0.3 is 19.0 Å². The summed E-state index contributed by atoms with van der Waals surface area (Å²) in [6.45, 7) is 2.02. The van der Waals surface area contributed by atoms with Crippen molar-refractivity contribution in [3.05, 3.63) is 82.6 Å². The van der Waals surface area contributed by atoms with Gasteiger partial charge in [-0.3, -0.25) is 4.79 Å². The molecule has 2 atom stereocenters. The van der Waals surface area contributed by atoms with Crippen molar-refractivity contribution in [1.29, 1.82) is 0 Å². The van der Waals surface area contributed by atoms with Gasteiger partial charge in [0.2, 0.25) is 0 Å². The summed E-state index contributed by atoms with van der Waals surface area (Å²) in [5, 5.41) is 9.58. The molecule has 0 spiro atoms. The number of oxazole rings is 1. The largest absolute Gasteiger partial charge is 0.497 e. The van der Waals surface area contributed by atoms with Crippen molar-refractivity contribution < 1.29 is 28.6 Å². The molecule has 1 N–H and O–H groups in total. The number of carboxylic acids is 1. The third-order valence-electron chi connectivity index (χ3n) is 6.30. The quantitative estimate of drug-likeness (QED) is 0.433. The Bertz CT molecular complexity index is 1170. The van der Waals surface area contributed by atoms with Gasteiger partial charge in [-0.2, -0.15) is 0 Å². The first-order valence-corrected chi connectivity index (χ1v) is 11.5. The Morgan fingerprint density at radius 3 is 2.79 bits per heavy atom. The Labute approximate surface area is 198 Å². The topological polar surface area (TPSA) is 98.9 Å². The standard InChI is InChI=1S/C27H29NO6/c1-17-6-3-11-23(25(17)27(30)31)26(29)19-8-5-10-22(14-19)33-15-20-16-34-24(28-20)13-18-7-4-9-21(12-18)32-2/h3-4,6-7,9,11-12,16,19,22H,5,8,10,13-15H2,1-2H3,(H,30,31)/t19-,22+/m1/s1. The van der Waals surface area contributed by atoms with E-state index >= 15 is 0 Å². The fourth-order valence-corrected chi connectivity index (χ4v) is 4.57. The molecule has 3 aromatic rings. The highest BCUT2D eigenvalue weighted by Crippen LogP contribution is 2.31. The Morgan fingerprint density at radius 2 is 2.00 bits per heavy atom. The molecule has 0 unspecified atom stereocenters. The second kappa shape index (κ2) is 10.7. The molecule has 4 rings (SSSR count). The Kier molecular flexibility index (Phi) is 7.43. The van der Waals surface area contributed by atoms with Crippen molar-refractivity contribution in [3.63, 3.8) is 0 Å². The number of benzene rings is 2. The Balaban J connectivity index is 1.35. The van der Waals surface area contributed by atoms with E-state index in [1.165, 1.54) is 0 Å². The van der Waals surface area contributed by atoms with Crippen LogP contribution in [-0.2, 0) is 17.8 Å². The number of ether oxygens (including phenoxy) is 2. The van der Waals surface area contributed by atoms with Crippen molar-refractivity contribution in [1.82, 2.24) is 4.98 Å². The molecule has 178 valence electrons. The van der Waals surface area contributed by atoms with Crippen molar-refractivity contribution >= 4 is 11.8 Å². The van der Waals surface area contributed by atoms with Crippen LogP contribution in [-0.4, -0.2) is 35.1 Å². The second-order valence-electron chi connectivity index (χ2n) is 8.72. The number of aromatic nitrogens is 1. The van der Waals surface area contributed by atoms with E-state index in [1.807, 2.05) is 24.3 Å². The first-order chi connectivity index (χ1) is 16.4. The molecular formula is C27H29NO6. The molecule has 1 aliphatic rings. The van der Waals surface area contributed by atoms with Gasteiger partial charge >= 0.3 is 5.97 Å². The summed E-state index contributed by atoms with van der Waals surface area (Å²) in [5.74, 6) is -0.0452. The number of Topliss-reactive ketones (excluding diaryl/α,β-unsaturated/α-hetero) is 1. The van der Waals surface area contributed by atoms with E-state index < -0.39 is 5.97 Å². The minimum Gasteiger partial charge on any atom is -0.497 e. The average molecular weight is 464 g/mol. The highest BCUT2D eigenvalue weighted by molar-refractivity contribution is 6.07. The predicted molar refractivity (Wildman–Crippen MR) is 125 cm³/mol. The van der Waals surface area contributed by atoms with Gasteiger partial charge in [0.25, 0.3) is 0 Å². The number of hydrogen-bond acceptors (Lipinski definition) is 6. The van der Waals surface area contributed by atoms with E-state index in [-0.39, 0.29) is 28.9 Å². The van der Waals surface area contributed by atoms with Gasteiger partial charge in [-0.1, -0.05) is 36.8 Å². The van der Waals surface area contributed by atoms with Crippen LogP contribution in [0.25, 0.3) is 0 Å². The van der Waals surface area contributed by atoms with Crippen molar-refractivity contribution in [2.75, 3.05) is 7.11 Å². The lowest BCUT2D eigenvalue weighted by atomic mass is 9.81. The van der Waals surface area contributed by atoms with E-state index in [1.54, 1.807) is 38.5 Å². The number of aryl methyl sites for hydroxylation is 1. The van der Waals surface area contributed by atoms with Gasteiger partial charge in [0.15, 0.2) is 11.7 Å². The maximum Gasteiger partial charge on any atom is 0.336 e. The minimum atomic E-state index is -1.07. The van der Waals surface area contributed by atoms with Crippen molar-refractivity contribution in [2.45, 2.75) is 51.7 Å². The predicted octanol–water partition coefficient (Wildman–Crippen LogP) is 5.24. The molecule has 1 saturated carbocycles. The summed E-state index contributed by atoms with van der Waals surface area (Å²) in [7, 11) is 1.63. The Morgan fingerprint density at radius 1 is 1.18 bits per heavy atom. The van der Waals surface area contributed by atoms with Crippen LogP contribution < -0.4 is 4.74 Å². The zero-order valence-corrected chi connectivity index (χ0v) is 19.5. The number of carbonyl (C=O) groups is 2. The highest BCUT2D eigenvalue weighted by atomic mass is 16.5. The van der Waals surface area contributed by atoms with Crippen LogP contribution in [0.2, 0.25) is 0 Å². The molecule has 1 aliphatic carbocycles. The molecule has 0 saturated heterocycles. The molecule has 34 heavy (non-hydrogen) atoms. The Hall–Kier alpha value is -3.45. The van der Waals surface area contributed by atoms with Crippen LogP contribution in [0.4, 0.5) is 0 Å². The molecule has 2 aromatic carbocycles. The number of methoxy groups -OCH3 is 1. The third-order valence-corrected chi connectivity index (χ3v) is 6.30. The van der Waals surface area contributed by atoms with Gasteiger partial charge in [0.05, 0.1) is 25.4 Å². The number of aromatic carboxylic acids is 1. The smallest absolute Gasteiger partial charge is 0.336 e. The molecule has 0 bridgehead atoms.